The van der Waals surface area contributed by atoms with Crippen molar-refractivity contribution in [1.82, 2.24) is 14.8 Å². The molecule has 0 saturated carbocycles. The van der Waals surface area contributed by atoms with Crippen LogP contribution in [0.25, 0.3) is 16.3 Å². The summed E-state index contributed by atoms with van der Waals surface area (Å²) in [7, 11) is 0. The lowest BCUT2D eigenvalue weighted by atomic mass is 10.1. The van der Waals surface area contributed by atoms with Crippen molar-refractivity contribution in [1.29, 1.82) is 0 Å². The zero-order chi connectivity index (χ0) is 9.54. The van der Waals surface area contributed by atoms with Crippen molar-refractivity contribution in [3.8, 4) is 0 Å². The highest BCUT2D eigenvalue weighted by molar-refractivity contribution is 6.30. The largest absolute Gasteiger partial charge is 0.201 e. The molecule has 4 heteroatoms. The van der Waals surface area contributed by atoms with E-state index in [0.717, 1.165) is 16.3 Å². The molecular formula is C10H6ClN3. The van der Waals surface area contributed by atoms with Crippen molar-refractivity contribution in [3.05, 3.63) is 41.7 Å². The molecule has 0 unspecified atom stereocenters. The van der Waals surface area contributed by atoms with Gasteiger partial charge < -0.3 is 0 Å². The van der Waals surface area contributed by atoms with E-state index in [9.17, 15) is 0 Å². The summed E-state index contributed by atoms with van der Waals surface area (Å²) in [4.78, 5) is 0. The molecule has 2 heterocycles. The van der Waals surface area contributed by atoms with E-state index in [0.29, 0.717) is 5.15 Å². The van der Waals surface area contributed by atoms with E-state index in [-0.39, 0.29) is 0 Å². The van der Waals surface area contributed by atoms with Crippen LogP contribution in [0.15, 0.2) is 36.5 Å². The zero-order valence-electron chi connectivity index (χ0n) is 7.18. The first kappa shape index (κ1) is 7.76. The number of nitrogens with zero attached hydrogens (tertiary/aromatic N) is 3. The van der Waals surface area contributed by atoms with E-state index in [1.54, 1.807) is 10.7 Å². The average Bonchev–Trinajstić information content (AvgIpc) is 2.67. The molecule has 0 atom stereocenters. The van der Waals surface area contributed by atoms with Crippen molar-refractivity contribution in [2.75, 3.05) is 0 Å². The molecule has 0 aliphatic heterocycles. The Balaban J connectivity index is 2.66. The lowest BCUT2D eigenvalue weighted by molar-refractivity contribution is 0.858. The molecule has 0 amide bonds. The summed E-state index contributed by atoms with van der Waals surface area (Å²) in [5.74, 6) is 0. The molecule has 3 rings (SSSR count). The summed E-state index contributed by atoms with van der Waals surface area (Å²) in [6.45, 7) is 0. The van der Waals surface area contributed by atoms with E-state index < -0.39 is 0 Å². The van der Waals surface area contributed by atoms with E-state index in [1.807, 2.05) is 30.3 Å². The van der Waals surface area contributed by atoms with Crippen LogP contribution in [0.4, 0.5) is 0 Å². The fourth-order valence-corrected chi connectivity index (χ4v) is 1.86. The van der Waals surface area contributed by atoms with E-state index in [4.69, 9.17) is 11.6 Å². The highest BCUT2D eigenvalue weighted by atomic mass is 35.5. The maximum Gasteiger partial charge on any atom is 0.133 e. The van der Waals surface area contributed by atoms with Gasteiger partial charge in [0, 0.05) is 5.39 Å². The van der Waals surface area contributed by atoms with Gasteiger partial charge in [-0.2, -0.15) is 0 Å². The van der Waals surface area contributed by atoms with Crippen molar-refractivity contribution >= 4 is 27.9 Å². The van der Waals surface area contributed by atoms with Gasteiger partial charge in [0.25, 0.3) is 0 Å². The third-order valence-corrected chi connectivity index (χ3v) is 2.53. The predicted molar refractivity (Wildman–Crippen MR) is 55.5 cm³/mol. The topological polar surface area (TPSA) is 30.2 Å². The van der Waals surface area contributed by atoms with Crippen molar-refractivity contribution in [3.63, 3.8) is 0 Å². The second-order valence-corrected chi connectivity index (χ2v) is 3.47. The Morgan fingerprint density at radius 2 is 2.07 bits per heavy atom. The van der Waals surface area contributed by atoms with Gasteiger partial charge in [0.1, 0.15) is 5.15 Å². The monoisotopic (exact) mass is 203 g/mol. The number of fused-ring (bicyclic) bond motifs is 3. The van der Waals surface area contributed by atoms with Crippen LogP contribution in [0.5, 0.6) is 0 Å². The van der Waals surface area contributed by atoms with Crippen molar-refractivity contribution in [2.45, 2.75) is 0 Å². The first-order valence-corrected chi connectivity index (χ1v) is 4.62. The molecule has 0 aliphatic carbocycles. The maximum atomic E-state index is 6.04. The normalized spacial score (nSPS) is 11.2. The van der Waals surface area contributed by atoms with Gasteiger partial charge in [0.05, 0.1) is 11.7 Å². The minimum Gasteiger partial charge on any atom is -0.201 e. The van der Waals surface area contributed by atoms with Gasteiger partial charge in [-0.15, -0.1) is 5.10 Å². The number of rotatable bonds is 0. The summed E-state index contributed by atoms with van der Waals surface area (Å²) in [5, 5.41) is 10.5. The molecule has 2 aromatic heterocycles. The summed E-state index contributed by atoms with van der Waals surface area (Å²) < 4.78 is 1.63. The van der Waals surface area contributed by atoms with Gasteiger partial charge in [0.2, 0.25) is 0 Å². The summed E-state index contributed by atoms with van der Waals surface area (Å²) in [5.41, 5.74) is 0.938. The van der Waals surface area contributed by atoms with Crippen LogP contribution in [0.2, 0.25) is 5.15 Å². The molecule has 0 N–H and O–H groups in total. The third-order valence-electron chi connectivity index (χ3n) is 2.26. The second kappa shape index (κ2) is 2.69. The number of benzene rings is 1. The Morgan fingerprint density at radius 3 is 3.00 bits per heavy atom. The Hall–Kier alpha value is -1.61. The average molecular weight is 204 g/mol. The van der Waals surface area contributed by atoms with Gasteiger partial charge in [0.15, 0.2) is 0 Å². The lowest BCUT2D eigenvalue weighted by Gasteiger charge is -2.01. The van der Waals surface area contributed by atoms with E-state index >= 15 is 0 Å². The number of hydrogen-bond donors (Lipinski definition) is 0. The van der Waals surface area contributed by atoms with Gasteiger partial charge in [-0.05, 0) is 11.5 Å². The van der Waals surface area contributed by atoms with Crippen molar-refractivity contribution in [2.24, 2.45) is 0 Å². The summed E-state index contributed by atoms with van der Waals surface area (Å²) in [6.07, 6.45) is 1.72. The van der Waals surface area contributed by atoms with Crippen molar-refractivity contribution < 1.29 is 0 Å². The van der Waals surface area contributed by atoms with E-state index in [1.165, 1.54) is 0 Å². The smallest absolute Gasteiger partial charge is 0.133 e. The van der Waals surface area contributed by atoms with Crippen LogP contribution in [0, 0.1) is 0 Å². The Morgan fingerprint density at radius 1 is 1.21 bits per heavy atom. The van der Waals surface area contributed by atoms with E-state index in [2.05, 4.69) is 10.3 Å². The number of pyridine rings is 1. The molecule has 14 heavy (non-hydrogen) atoms. The van der Waals surface area contributed by atoms with Gasteiger partial charge in [-0.1, -0.05) is 41.1 Å². The molecule has 0 radical (unpaired) electrons. The van der Waals surface area contributed by atoms with Crippen LogP contribution in [0.3, 0.4) is 0 Å². The highest BCUT2D eigenvalue weighted by Crippen LogP contribution is 2.23. The molecule has 68 valence electrons. The number of halogens is 1. The SMILES string of the molecule is Clc1cc2ccccc2c2cnnn12. The highest BCUT2D eigenvalue weighted by Gasteiger charge is 2.04. The molecule has 1 aromatic carbocycles. The predicted octanol–water partition coefficient (Wildman–Crippen LogP) is 2.54. The fraction of sp³-hybridized carbons (Fsp3) is 0. The fourth-order valence-electron chi connectivity index (χ4n) is 1.62. The zero-order valence-corrected chi connectivity index (χ0v) is 7.94. The minimum absolute atomic E-state index is 0.580. The summed E-state index contributed by atoms with van der Waals surface area (Å²) in [6, 6.07) is 9.92. The van der Waals surface area contributed by atoms with Gasteiger partial charge >= 0.3 is 0 Å². The molecule has 0 aliphatic rings. The molecule has 0 saturated heterocycles. The van der Waals surface area contributed by atoms with Crippen LogP contribution in [0.1, 0.15) is 0 Å². The lowest BCUT2D eigenvalue weighted by Crippen LogP contribution is -1.90. The minimum atomic E-state index is 0.580. The van der Waals surface area contributed by atoms with Crippen LogP contribution < -0.4 is 0 Å². The molecular weight excluding hydrogens is 198 g/mol. The second-order valence-electron chi connectivity index (χ2n) is 3.09. The quantitative estimate of drug-likeness (QED) is 0.526. The third kappa shape index (κ3) is 0.930. The molecule has 0 fully saturated rings. The Kier molecular flexibility index (Phi) is 1.49. The van der Waals surface area contributed by atoms with Crippen LogP contribution >= 0.6 is 11.6 Å². The van der Waals surface area contributed by atoms with Gasteiger partial charge in [-0.25, -0.2) is 4.52 Å². The molecule has 3 nitrogen and oxygen atoms in total. The molecule has 0 spiro atoms. The molecule has 0 bridgehead atoms. The first-order chi connectivity index (χ1) is 6.86. The first-order valence-electron chi connectivity index (χ1n) is 4.24. The number of hydrogen-bond acceptors (Lipinski definition) is 2. The maximum absolute atomic E-state index is 6.04. The Labute approximate surface area is 84.9 Å². The Bertz CT molecular complexity index is 615. The number of aromatic nitrogens is 3. The van der Waals surface area contributed by atoms with Crippen LogP contribution in [-0.4, -0.2) is 14.8 Å². The van der Waals surface area contributed by atoms with Crippen LogP contribution in [-0.2, 0) is 0 Å². The standard InChI is InChI=1S/C10H6ClN3/c11-10-5-7-3-1-2-4-8(7)9-6-12-13-14(9)10/h1-6H. The molecule has 3 aromatic rings. The summed E-state index contributed by atoms with van der Waals surface area (Å²) >= 11 is 6.04. The van der Waals surface area contributed by atoms with Gasteiger partial charge in [-0.3, -0.25) is 0 Å².